The molecule has 0 saturated heterocycles. The minimum absolute atomic E-state index is 0.0258. The molecule has 0 aromatic heterocycles. The van der Waals surface area contributed by atoms with E-state index in [4.69, 9.17) is 16.3 Å². The van der Waals surface area contributed by atoms with E-state index < -0.39 is 12.2 Å². The van der Waals surface area contributed by atoms with Crippen LogP contribution in [0.1, 0.15) is 19.8 Å². The van der Waals surface area contributed by atoms with Crippen molar-refractivity contribution < 1.29 is 14.3 Å². The van der Waals surface area contributed by atoms with Gasteiger partial charge in [0, 0.05) is 23.5 Å². The molecule has 0 spiro atoms. The van der Waals surface area contributed by atoms with Gasteiger partial charge in [-0.25, -0.2) is 4.99 Å². The second-order valence-electron chi connectivity index (χ2n) is 7.14. The molecule has 1 aromatic carbocycles. The Morgan fingerprint density at radius 2 is 2.03 bits per heavy atom. The number of halogens is 1. The topological polar surface area (TPSA) is 65.5 Å². The summed E-state index contributed by atoms with van der Waals surface area (Å²) in [6, 6.07) is 8.85. The van der Waals surface area contributed by atoms with Crippen molar-refractivity contribution in [1.82, 2.24) is 9.80 Å². The van der Waals surface area contributed by atoms with Crippen molar-refractivity contribution in [2.45, 2.75) is 32.0 Å². The highest BCUT2D eigenvalue weighted by Gasteiger charge is 2.47. The Morgan fingerprint density at radius 3 is 2.76 bits per heavy atom. The first-order valence-electron chi connectivity index (χ1n) is 9.67. The lowest BCUT2D eigenvalue weighted by molar-refractivity contribution is -0.144. The maximum atomic E-state index is 13.8. The largest absolute Gasteiger partial charge is 0.465 e. The average Bonchev–Trinajstić information content (AvgIpc) is 3.08. The van der Waals surface area contributed by atoms with Gasteiger partial charge in [0.2, 0.25) is 0 Å². The van der Waals surface area contributed by atoms with Gasteiger partial charge < -0.3 is 14.5 Å². The zero-order valence-corrected chi connectivity index (χ0v) is 17.2. The summed E-state index contributed by atoms with van der Waals surface area (Å²) in [7, 11) is 1.94. The van der Waals surface area contributed by atoms with Crippen LogP contribution in [0, 0.1) is 0 Å². The summed E-state index contributed by atoms with van der Waals surface area (Å²) >= 11 is 6.36. The molecule has 2 atom stereocenters. The number of hydrogen-bond acceptors (Lipinski definition) is 6. The van der Waals surface area contributed by atoms with Gasteiger partial charge in [0.1, 0.15) is 6.54 Å². The van der Waals surface area contributed by atoms with E-state index in [1.54, 1.807) is 23.1 Å². The first kappa shape index (κ1) is 19.5. The minimum Gasteiger partial charge on any atom is -0.465 e. The highest BCUT2D eigenvalue weighted by atomic mass is 35.5. The highest BCUT2D eigenvalue weighted by Crippen LogP contribution is 2.38. The number of allylic oxidation sites excluding steroid dienone is 3. The standard InChI is InChI=1S/C21H23ClN4O3/c1-3-29-18(27)12-25-13-23-20-19(25)21(28)26(15-7-5-4-6-8-15)17-11-14(22)9-10-16(17)24(20)2/h4-8,11,13,19-20H,3,9-10,12H2,1-2H3. The van der Waals surface area contributed by atoms with Gasteiger partial charge in [-0.1, -0.05) is 29.8 Å². The number of carbonyl (C=O) groups excluding carboxylic acids is 2. The number of nitrogens with zero attached hydrogens (tertiary/aromatic N) is 4. The maximum absolute atomic E-state index is 13.8. The lowest BCUT2D eigenvalue weighted by atomic mass is 10.1. The first-order chi connectivity index (χ1) is 14.0. The van der Waals surface area contributed by atoms with Crippen LogP contribution in [0.2, 0.25) is 0 Å². The number of anilines is 1. The Balaban J connectivity index is 1.78. The summed E-state index contributed by atoms with van der Waals surface area (Å²) in [6.45, 7) is 2.03. The molecule has 4 rings (SSSR count). The number of aliphatic imine (C=N–C) groups is 1. The van der Waals surface area contributed by atoms with Gasteiger partial charge in [0.15, 0.2) is 12.2 Å². The molecule has 152 valence electrons. The fraction of sp³-hybridized carbons (Fsp3) is 0.381. The van der Waals surface area contributed by atoms with Crippen LogP contribution in [0.4, 0.5) is 5.69 Å². The quantitative estimate of drug-likeness (QED) is 0.709. The summed E-state index contributed by atoms with van der Waals surface area (Å²) in [4.78, 5) is 35.9. The van der Waals surface area contributed by atoms with Gasteiger partial charge in [0.25, 0.3) is 5.91 Å². The number of esters is 1. The molecule has 2 heterocycles. The van der Waals surface area contributed by atoms with Crippen LogP contribution >= 0.6 is 11.6 Å². The molecule has 2 unspecified atom stereocenters. The summed E-state index contributed by atoms with van der Waals surface area (Å²) in [5.41, 5.74) is 2.53. The van der Waals surface area contributed by atoms with E-state index >= 15 is 0 Å². The number of ether oxygens (including phenoxy) is 1. The predicted octanol–water partition coefficient (Wildman–Crippen LogP) is 2.69. The van der Waals surface area contributed by atoms with Crippen LogP contribution in [-0.4, -0.2) is 60.4 Å². The van der Waals surface area contributed by atoms with E-state index in [0.29, 0.717) is 18.1 Å². The number of para-hydroxylation sites is 1. The Bertz CT molecular complexity index is 912. The lowest BCUT2D eigenvalue weighted by Crippen LogP contribution is -2.52. The smallest absolute Gasteiger partial charge is 0.325 e. The molecule has 3 aliphatic rings. The van der Waals surface area contributed by atoms with Gasteiger partial charge in [-0.2, -0.15) is 0 Å². The lowest BCUT2D eigenvalue weighted by Gasteiger charge is -2.31. The second kappa shape index (κ2) is 7.91. The molecular formula is C21H23ClN4O3. The molecule has 2 aliphatic heterocycles. The molecule has 1 amide bonds. The molecule has 1 aromatic rings. The van der Waals surface area contributed by atoms with Gasteiger partial charge in [0.05, 0.1) is 18.6 Å². The predicted molar refractivity (Wildman–Crippen MR) is 111 cm³/mol. The molecule has 0 radical (unpaired) electrons. The number of rotatable bonds is 4. The average molecular weight is 415 g/mol. The van der Waals surface area contributed by atoms with Crippen molar-refractivity contribution in [3.05, 3.63) is 52.8 Å². The van der Waals surface area contributed by atoms with E-state index in [-0.39, 0.29) is 18.4 Å². The van der Waals surface area contributed by atoms with Crippen LogP contribution in [0.25, 0.3) is 0 Å². The molecule has 0 N–H and O–H groups in total. The minimum atomic E-state index is -0.637. The van der Waals surface area contributed by atoms with Crippen molar-refractivity contribution in [3.8, 4) is 0 Å². The third-order valence-electron chi connectivity index (χ3n) is 5.37. The number of benzene rings is 1. The third kappa shape index (κ3) is 3.51. The maximum Gasteiger partial charge on any atom is 0.325 e. The monoisotopic (exact) mass is 414 g/mol. The number of fused-ring (bicyclic) bond motifs is 1. The summed E-state index contributed by atoms with van der Waals surface area (Å²) in [5.74, 6) is -0.534. The summed E-state index contributed by atoms with van der Waals surface area (Å²) in [6.07, 6.45) is 4.47. The molecule has 0 fully saturated rings. The fourth-order valence-corrected chi connectivity index (χ4v) is 4.23. The Morgan fingerprint density at radius 1 is 1.28 bits per heavy atom. The molecule has 29 heavy (non-hydrogen) atoms. The van der Waals surface area contributed by atoms with Crippen LogP contribution in [0.5, 0.6) is 0 Å². The number of hydrogen-bond donors (Lipinski definition) is 0. The van der Waals surface area contributed by atoms with Crippen LogP contribution in [0.3, 0.4) is 0 Å². The van der Waals surface area contributed by atoms with Crippen molar-refractivity contribution in [2.75, 3.05) is 25.1 Å². The van der Waals surface area contributed by atoms with Crippen LogP contribution in [0.15, 0.2) is 57.8 Å². The van der Waals surface area contributed by atoms with Crippen molar-refractivity contribution >= 4 is 35.5 Å². The molecule has 8 heteroatoms. The normalized spacial score (nSPS) is 23.6. The summed E-state index contributed by atoms with van der Waals surface area (Å²) < 4.78 is 5.08. The van der Waals surface area contributed by atoms with E-state index in [0.717, 1.165) is 23.5 Å². The third-order valence-corrected chi connectivity index (χ3v) is 5.66. The van der Waals surface area contributed by atoms with Crippen molar-refractivity contribution in [3.63, 3.8) is 0 Å². The second-order valence-corrected chi connectivity index (χ2v) is 7.63. The number of likely N-dealkylation sites (N-methyl/N-ethyl adjacent to an activating group) is 1. The van der Waals surface area contributed by atoms with Gasteiger partial charge in [-0.15, -0.1) is 0 Å². The van der Waals surface area contributed by atoms with Crippen molar-refractivity contribution in [1.29, 1.82) is 0 Å². The SMILES string of the molecule is CCOC(=O)CN1C=NC2C1C(=O)N(c1ccccc1)C1=C(CCC(Cl)=C1)N2C. The van der Waals surface area contributed by atoms with Crippen LogP contribution in [-0.2, 0) is 14.3 Å². The van der Waals surface area contributed by atoms with Gasteiger partial charge in [-0.05, 0) is 38.0 Å². The van der Waals surface area contributed by atoms with Crippen LogP contribution < -0.4 is 4.90 Å². The number of carbonyl (C=O) groups is 2. The molecule has 1 aliphatic carbocycles. The Labute approximate surface area is 174 Å². The number of amides is 1. The molecular weight excluding hydrogens is 392 g/mol. The molecule has 0 bridgehead atoms. The van der Waals surface area contributed by atoms with E-state index in [1.807, 2.05) is 48.4 Å². The highest BCUT2D eigenvalue weighted by molar-refractivity contribution is 6.30. The zero-order valence-electron chi connectivity index (χ0n) is 16.4. The van der Waals surface area contributed by atoms with E-state index in [1.165, 1.54) is 0 Å². The summed E-state index contributed by atoms with van der Waals surface area (Å²) in [5, 5.41) is 0.713. The molecule has 0 saturated carbocycles. The van der Waals surface area contributed by atoms with Gasteiger partial charge in [-0.3, -0.25) is 14.5 Å². The molecule has 7 nitrogen and oxygen atoms in total. The van der Waals surface area contributed by atoms with Crippen molar-refractivity contribution in [2.24, 2.45) is 4.99 Å². The first-order valence-corrected chi connectivity index (χ1v) is 10.0. The Kier molecular flexibility index (Phi) is 5.32. The fourth-order valence-electron chi connectivity index (χ4n) is 4.03. The van der Waals surface area contributed by atoms with E-state index in [9.17, 15) is 9.59 Å². The zero-order chi connectivity index (χ0) is 20.5. The Hall–Kier alpha value is -2.80. The van der Waals surface area contributed by atoms with E-state index in [2.05, 4.69) is 4.99 Å². The van der Waals surface area contributed by atoms with Gasteiger partial charge >= 0.3 is 5.97 Å².